The van der Waals surface area contributed by atoms with E-state index in [1.54, 1.807) is 0 Å². The van der Waals surface area contributed by atoms with Crippen molar-refractivity contribution >= 4 is 14.0 Å². The number of alkyl halides is 2. The van der Waals surface area contributed by atoms with Gasteiger partial charge in [-0.05, 0) is 6.92 Å². The number of amides is 1. The van der Waals surface area contributed by atoms with Gasteiger partial charge in [0.05, 0.1) is 25.7 Å². The van der Waals surface area contributed by atoms with Gasteiger partial charge in [-0.3, -0.25) is 14.6 Å². The average molecular weight is 361 g/mol. The number of aliphatic hydroxyl groups is 3. The maximum atomic E-state index is 13.5. The maximum Gasteiger partial charge on any atom is 1.00 e. The van der Waals surface area contributed by atoms with E-state index in [0.717, 1.165) is 0 Å². The van der Waals surface area contributed by atoms with Crippen LogP contribution in [0.1, 0.15) is 14.8 Å². The Morgan fingerprint density at radius 1 is 1.36 bits per heavy atom. The molecule has 0 aliphatic heterocycles. The Morgan fingerprint density at radius 2 is 1.86 bits per heavy atom. The summed E-state index contributed by atoms with van der Waals surface area (Å²) in [6, 6.07) is 0. The second-order valence-electron chi connectivity index (χ2n) is 4.16. The van der Waals surface area contributed by atoms with Gasteiger partial charge in [-0.25, -0.2) is 5.06 Å². The van der Waals surface area contributed by atoms with E-state index in [0.29, 0.717) is 0 Å². The summed E-state index contributed by atoms with van der Waals surface area (Å²) < 4.78 is 42.2. The number of rotatable bonds is 10. The van der Waals surface area contributed by atoms with Gasteiger partial charge in [0.15, 0.2) is 0 Å². The second kappa shape index (κ2) is 10.2. The fourth-order valence-electron chi connectivity index (χ4n) is 1.36. The second-order valence-corrected chi connectivity index (χ2v) is 6.11. The molecule has 0 aromatic rings. The van der Waals surface area contributed by atoms with Gasteiger partial charge >= 0.3 is 42.8 Å². The third kappa shape index (κ3) is 7.26. The summed E-state index contributed by atoms with van der Waals surface area (Å²) in [4.78, 5) is 19.1. The first-order chi connectivity index (χ1) is 9.48. The van der Waals surface area contributed by atoms with E-state index < -0.39 is 51.1 Å². The summed E-state index contributed by atoms with van der Waals surface area (Å²) in [6.07, 6.45) is -8.21. The van der Waals surface area contributed by atoms with Crippen molar-refractivity contribution in [2.75, 3.05) is 13.2 Å². The molecule has 0 aliphatic rings. The molecular weight excluding hydrogens is 342 g/mol. The summed E-state index contributed by atoms with van der Waals surface area (Å²) in [5.41, 5.74) is -4.35. The number of hydroxylamine groups is 2. The van der Waals surface area contributed by atoms with Gasteiger partial charge in [0.2, 0.25) is 6.41 Å². The fraction of sp³-hybridized carbons (Fsp3) is 0.889. The summed E-state index contributed by atoms with van der Waals surface area (Å²) in [7, 11) is -5.35. The number of nitrogens with zero attached hydrogens (tertiary/aromatic N) is 1. The SMILES string of the molecule is CCOP(=O)(O)C(F)(F)C[C@@H](O)[C@@H](O)[C@@H](O)CN(O)C=O.[H-].[Na+]. The van der Waals surface area contributed by atoms with Crippen LogP contribution in [0.3, 0.4) is 0 Å². The smallest absolute Gasteiger partial charge is 1.00 e. The number of carbonyl (C=O) groups excluding carboxylic acids is 1. The average Bonchev–Trinajstić information content (AvgIpc) is 2.36. The largest absolute Gasteiger partial charge is 1.00 e. The van der Waals surface area contributed by atoms with Crippen LogP contribution in [-0.4, -0.2) is 74.0 Å². The minimum Gasteiger partial charge on any atom is -1.00 e. The van der Waals surface area contributed by atoms with Crippen molar-refractivity contribution in [3.63, 3.8) is 0 Å². The molecule has 0 radical (unpaired) electrons. The van der Waals surface area contributed by atoms with E-state index >= 15 is 0 Å². The van der Waals surface area contributed by atoms with E-state index in [-0.39, 0.29) is 42.5 Å². The van der Waals surface area contributed by atoms with Crippen LogP contribution in [0.4, 0.5) is 8.78 Å². The Balaban J connectivity index is -0.00000200. The molecule has 22 heavy (non-hydrogen) atoms. The number of carbonyl (C=O) groups is 1. The Kier molecular flexibility index (Phi) is 11.4. The van der Waals surface area contributed by atoms with Crippen LogP contribution in [0.15, 0.2) is 0 Å². The molecule has 0 fully saturated rings. The molecule has 0 rings (SSSR count). The zero-order valence-electron chi connectivity index (χ0n) is 13.0. The Morgan fingerprint density at radius 3 is 2.27 bits per heavy atom. The third-order valence-electron chi connectivity index (χ3n) is 2.46. The van der Waals surface area contributed by atoms with E-state index in [9.17, 15) is 33.5 Å². The van der Waals surface area contributed by atoms with Crippen molar-refractivity contribution in [1.29, 1.82) is 0 Å². The molecule has 0 saturated heterocycles. The standard InChI is InChI=1S/C9H18F2NO8P.Na.H/c1-2-20-21(18,19)9(10,11)3-6(14)8(16)7(15)4-12(17)5-13;;/h5-8,14-17H,2-4H2,1H3,(H,18,19);;/q;+1;-1/t6-,7+,8-;;/m1../s1. The Hall–Kier alpha value is 0.320. The predicted molar refractivity (Wildman–Crippen MR) is 64.7 cm³/mol. The summed E-state index contributed by atoms with van der Waals surface area (Å²) in [5, 5.41) is 36.8. The molecule has 1 unspecified atom stereocenters. The van der Waals surface area contributed by atoms with Crippen LogP contribution >= 0.6 is 7.60 Å². The molecule has 128 valence electrons. The van der Waals surface area contributed by atoms with Gasteiger partial charge in [-0.15, -0.1) is 0 Å². The van der Waals surface area contributed by atoms with Crippen LogP contribution in [0.25, 0.3) is 0 Å². The van der Waals surface area contributed by atoms with Gasteiger partial charge in [0, 0.05) is 0 Å². The van der Waals surface area contributed by atoms with E-state index in [1.165, 1.54) is 6.92 Å². The summed E-state index contributed by atoms with van der Waals surface area (Å²) in [5.74, 6) is 0. The predicted octanol–water partition coefficient (Wildman–Crippen LogP) is -3.76. The van der Waals surface area contributed by atoms with E-state index in [1.807, 2.05) is 0 Å². The van der Waals surface area contributed by atoms with Crippen LogP contribution < -0.4 is 29.6 Å². The van der Waals surface area contributed by atoms with Crippen molar-refractivity contribution in [3.8, 4) is 0 Å². The number of hydrogen-bond donors (Lipinski definition) is 5. The van der Waals surface area contributed by atoms with Gasteiger partial charge in [-0.2, -0.15) is 8.78 Å². The molecule has 0 heterocycles. The van der Waals surface area contributed by atoms with Crippen LogP contribution in [-0.2, 0) is 13.9 Å². The molecule has 5 N–H and O–H groups in total. The zero-order chi connectivity index (χ0) is 16.8. The minimum atomic E-state index is -5.35. The minimum absolute atomic E-state index is 0. The number of halogens is 2. The normalized spacial score (nSPS) is 18.5. The zero-order valence-corrected chi connectivity index (χ0v) is 14.9. The topological polar surface area (TPSA) is 148 Å². The molecule has 0 spiro atoms. The van der Waals surface area contributed by atoms with Crippen LogP contribution in [0, 0.1) is 0 Å². The molecule has 0 aliphatic carbocycles. The fourth-order valence-corrected chi connectivity index (χ4v) is 2.31. The van der Waals surface area contributed by atoms with Crippen molar-refractivity contribution in [1.82, 2.24) is 5.06 Å². The third-order valence-corrected chi connectivity index (χ3v) is 4.07. The van der Waals surface area contributed by atoms with Crippen molar-refractivity contribution in [2.24, 2.45) is 0 Å². The van der Waals surface area contributed by atoms with Crippen molar-refractivity contribution in [3.05, 3.63) is 0 Å². The molecule has 13 heteroatoms. The molecule has 1 amide bonds. The number of aliphatic hydroxyl groups excluding tert-OH is 3. The van der Waals surface area contributed by atoms with Crippen molar-refractivity contribution in [2.45, 2.75) is 37.3 Å². The van der Waals surface area contributed by atoms with Crippen molar-refractivity contribution < 1.29 is 79.1 Å². The van der Waals surface area contributed by atoms with Gasteiger partial charge in [-0.1, -0.05) is 0 Å². The monoisotopic (exact) mass is 361 g/mol. The molecule has 0 saturated carbocycles. The summed E-state index contributed by atoms with van der Waals surface area (Å²) >= 11 is 0. The van der Waals surface area contributed by atoms with Crippen LogP contribution in [0.2, 0.25) is 0 Å². The molecular formula is C9H19F2NNaO8P. The summed E-state index contributed by atoms with van der Waals surface area (Å²) in [6.45, 7) is -0.109. The van der Waals surface area contributed by atoms with Gasteiger partial charge in [0.25, 0.3) is 0 Å². The molecule has 9 nitrogen and oxygen atoms in total. The van der Waals surface area contributed by atoms with E-state index in [4.69, 9.17) is 10.1 Å². The Labute approximate surface area is 148 Å². The molecule has 0 aromatic carbocycles. The first-order valence-corrected chi connectivity index (χ1v) is 7.36. The molecule has 0 bridgehead atoms. The van der Waals surface area contributed by atoms with Crippen LogP contribution in [0.5, 0.6) is 0 Å². The Bertz CT molecular complexity index is 397. The first kappa shape index (κ1) is 24.6. The van der Waals surface area contributed by atoms with Gasteiger partial charge < -0.3 is 26.2 Å². The molecule has 0 aromatic heterocycles. The maximum absolute atomic E-state index is 13.5. The first-order valence-electron chi connectivity index (χ1n) is 5.78. The molecule has 4 atom stereocenters. The van der Waals surface area contributed by atoms with Gasteiger partial charge in [0.1, 0.15) is 12.2 Å². The quantitative estimate of drug-likeness (QED) is 0.0876. The number of hydrogen-bond acceptors (Lipinski definition) is 7. The van der Waals surface area contributed by atoms with E-state index in [2.05, 4.69) is 4.52 Å².